The van der Waals surface area contributed by atoms with Gasteiger partial charge in [-0.25, -0.2) is 19.9 Å². The molecule has 7 nitrogen and oxygen atoms in total. The van der Waals surface area contributed by atoms with E-state index in [0.717, 1.165) is 56.7 Å². The van der Waals surface area contributed by atoms with E-state index >= 15 is 0 Å². The number of anilines is 3. The molecule has 2 aliphatic heterocycles. The molecule has 3 fully saturated rings. The van der Waals surface area contributed by atoms with Crippen LogP contribution in [0.3, 0.4) is 0 Å². The molecule has 3 aliphatic rings. The molecule has 0 spiro atoms. The quantitative estimate of drug-likeness (QED) is 0.825. The Bertz CT molecular complexity index is 777. The molecule has 0 N–H and O–H groups in total. The lowest BCUT2D eigenvalue weighted by Gasteiger charge is -2.36. The van der Waals surface area contributed by atoms with E-state index in [2.05, 4.69) is 46.8 Å². The molecule has 0 amide bonds. The SMILES string of the molecule is c1nc(C2CC2)cc(N2CCN(c3cc(N4CCCCC4)ncn3)CC2)n1. The third kappa shape index (κ3) is 3.68. The Labute approximate surface area is 160 Å². The van der Waals surface area contributed by atoms with Crippen molar-refractivity contribution in [1.82, 2.24) is 19.9 Å². The second-order valence-corrected chi connectivity index (χ2v) is 7.83. The van der Waals surface area contributed by atoms with Crippen LogP contribution in [0.5, 0.6) is 0 Å². The van der Waals surface area contributed by atoms with E-state index in [9.17, 15) is 0 Å². The number of aromatic nitrogens is 4. The van der Waals surface area contributed by atoms with Crippen LogP contribution >= 0.6 is 0 Å². The van der Waals surface area contributed by atoms with Gasteiger partial charge in [0, 0.05) is 63.0 Å². The van der Waals surface area contributed by atoms with E-state index in [1.807, 2.05) is 0 Å². The number of piperazine rings is 1. The van der Waals surface area contributed by atoms with Crippen molar-refractivity contribution >= 4 is 17.5 Å². The zero-order valence-electron chi connectivity index (χ0n) is 15.8. The van der Waals surface area contributed by atoms with Gasteiger partial charge >= 0.3 is 0 Å². The minimum atomic E-state index is 0.669. The molecule has 5 rings (SSSR count). The fourth-order valence-electron chi connectivity index (χ4n) is 4.11. The van der Waals surface area contributed by atoms with Gasteiger partial charge in [0.05, 0.1) is 0 Å². The summed E-state index contributed by atoms with van der Waals surface area (Å²) in [6, 6.07) is 4.35. The fourth-order valence-corrected chi connectivity index (χ4v) is 4.11. The molecule has 2 aromatic rings. The minimum Gasteiger partial charge on any atom is -0.356 e. The second-order valence-electron chi connectivity index (χ2n) is 7.83. The number of hydrogen-bond acceptors (Lipinski definition) is 7. The maximum Gasteiger partial charge on any atom is 0.134 e. The highest BCUT2D eigenvalue weighted by atomic mass is 15.3. The van der Waals surface area contributed by atoms with Crippen molar-refractivity contribution in [2.75, 3.05) is 54.0 Å². The zero-order valence-corrected chi connectivity index (χ0v) is 15.8. The monoisotopic (exact) mass is 365 g/mol. The van der Waals surface area contributed by atoms with Crippen LogP contribution in [0.4, 0.5) is 17.5 Å². The van der Waals surface area contributed by atoms with Gasteiger partial charge in [-0.3, -0.25) is 0 Å². The number of nitrogens with zero attached hydrogens (tertiary/aromatic N) is 7. The van der Waals surface area contributed by atoms with Crippen molar-refractivity contribution in [3.63, 3.8) is 0 Å². The molecule has 0 unspecified atom stereocenters. The number of hydrogen-bond donors (Lipinski definition) is 0. The molecule has 2 saturated heterocycles. The van der Waals surface area contributed by atoms with Crippen LogP contribution in [0.25, 0.3) is 0 Å². The summed E-state index contributed by atoms with van der Waals surface area (Å²) in [5, 5.41) is 0. The van der Waals surface area contributed by atoms with E-state index in [4.69, 9.17) is 0 Å². The lowest BCUT2D eigenvalue weighted by atomic mass is 10.1. The maximum absolute atomic E-state index is 4.55. The predicted octanol–water partition coefficient (Wildman–Crippen LogP) is 2.46. The van der Waals surface area contributed by atoms with Gasteiger partial charge in [-0.05, 0) is 32.1 Å². The lowest BCUT2D eigenvalue weighted by molar-refractivity contribution is 0.572. The third-order valence-electron chi connectivity index (χ3n) is 5.92. The predicted molar refractivity (Wildman–Crippen MR) is 107 cm³/mol. The number of rotatable bonds is 4. The molecule has 2 aromatic heterocycles. The Morgan fingerprint density at radius 3 is 1.70 bits per heavy atom. The third-order valence-corrected chi connectivity index (χ3v) is 5.92. The summed E-state index contributed by atoms with van der Waals surface area (Å²) in [7, 11) is 0. The average molecular weight is 365 g/mol. The standard InChI is InChI=1S/C20H27N7/c1-2-6-25(7-3-1)19-13-20(24-15-23-19)27-10-8-26(9-11-27)18-12-17(16-4-5-16)21-14-22-18/h12-16H,1-11H2. The maximum atomic E-state index is 4.55. The summed E-state index contributed by atoms with van der Waals surface area (Å²) in [5.74, 6) is 3.86. The molecular weight excluding hydrogens is 338 g/mol. The molecule has 27 heavy (non-hydrogen) atoms. The molecule has 0 atom stereocenters. The van der Waals surface area contributed by atoms with Crippen molar-refractivity contribution in [2.24, 2.45) is 0 Å². The van der Waals surface area contributed by atoms with Crippen LogP contribution in [-0.4, -0.2) is 59.2 Å². The summed E-state index contributed by atoms with van der Waals surface area (Å²) in [5.41, 5.74) is 1.21. The van der Waals surface area contributed by atoms with E-state index in [1.165, 1.54) is 37.8 Å². The minimum absolute atomic E-state index is 0.669. The van der Waals surface area contributed by atoms with Gasteiger partial charge < -0.3 is 14.7 Å². The van der Waals surface area contributed by atoms with Crippen LogP contribution < -0.4 is 14.7 Å². The Balaban J connectivity index is 1.24. The first kappa shape index (κ1) is 16.7. The first-order valence-electron chi connectivity index (χ1n) is 10.3. The summed E-state index contributed by atoms with van der Waals surface area (Å²) in [6.45, 7) is 6.06. The fraction of sp³-hybridized carbons (Fsp3) is 0.600. The van der Waals surface area contributed by atoms with Gasteiger partial charge in [-0.1, -0.05) is 0 Å². The highest BCUT2D eigenvalue weighted by molar-refractivity contribution is 5.52. The van der Waals surface area contributed by atoms with Crippen molar-refractivity contribution in [1.29, 1.82) is 0 Å². The molecule has 1 aliphatic carbocycles. The van der Waals surface area contributed by atoms with Crippen molar-refractivity contribution in [2.45, 2.75) is 38.0 Å². The largest absolute Gasteiger partial charge is 0.356 e. The summed E-state index contributed by atoms with van der Waals surface area (Å²) < 4.78 is 0. The Kier molecular flexibility index (Phi) is 4.51. The van der Waals surface area contributed by atoms with Crippen LogP contribution in [-0.2, 0) is 0 Å². The van der Waals surface area contributed by atoms with E-state index < -0.39 is 0 Å². The van der Waals surface area contributed by atoms with Gasteiger partial charge in [0.1, 0.15) is 30.1 Å². The van der Waals surface area contributed by atoms with E-state index in [0.29, 0.717) is 5.92 Å². The van der Waals surface area contributed by atoms with Crippen LogP contribution in [0, 0.1) is 0 Å². The summed E-state index contributed by atoms with van der Waals surface area (Å²) in [6.07, 6.45) is 9.86. The highest BCUT2D eigenvalue weighted by Crippen LogP contribution is 2.39. The van der Waals surface area contributed by atoms with Crippen LogP contribution in [0.1, 0.15) is 43.7 Å². The zero-order chi connectivity index (χ0) is 18.1. The Hall–Kier alpha value is -2.44. The highest BCUT2D eigenvalue weighted by Gasteiger charge is 2.27. The molecule has 0 bridgehead atoms. The normalized spacial score (nSPS) is 20.8. The number of piperidine rings is 1. The smallest absolute Gasteiger partial charge is 0.134 e. The Morgan fingerprint density at radius 1 is 0.593 bits per heavy atom. The molecule has 0 radical (unpaired) electrons. The lowest BCUT2D eigenvalue weighted by Crippen LogP contribution is -2.47. The summed E-state index contributed by atoms with van der Waals surface area (Å²) >= 11 is 0. The van der Waals surface area contributed by atoms with Crippen LogP contribution in [0.15, 0.2) is 24.8 Å². The van der Waals surface area contributed by atoms with Gasteiger partial charge in [0.2, 0.25) is 0 Å². The second kappa shape index (κ2) is 7.29. The first-order chi connectivity index (χ1) is 13.4. The van der Waals surface area contributed by atoms with Crippen molar-refractivity contribution in [3.8, 4) is 0 Å². The molecular formula is C20H27N7. The van der Waals surface area contributed by atoms with Crippen molar-refractivity contribution < 1.29 is 0 Å². The first-order valence-corrected chi connectivity index (χ1v) is 10.3. The van der Waals surface area contributed by atoms with Gasteiger partial charge in [0.15, 0.2) is 0 Å². The molecule has 4 heterocycles. The molecule has 142 valence electrons. The average Bonchev–Trinajstić information content (AvgIpc) is 3.60. The van der Waals surface area contributed by atoms with E-state index in [1.54, 1.807) is 12.7 Å². The van der Waals surface area contributed by atoms with Gasteiger partial charge in [-0.2, -0.15) is 0 Å². The van der Waals surface area contributed by atoms with Gasteiger partial charge in [0.25, 0.3) is 0 Å². The topological polar surface area (TPSA) is 61.3 Å². The molecule has 7 heteroatoms. The summed E-state index contributed by atoms with van der Waals surface area (Å²) in [4.78, 5) is 25.1. The molecule has 1 saturated carbocycles. The van der Waals surface area contributed by atoms with Crippen LogP contribution in [0.2, 0.25) is 0 Å². The van der Waals surface area contributed by atoms with Crippen molar-refractivity contribution in [3.05, 3.63) is 30.5 Å². The molecule has 0 aromatic carbocycles. The van der Waals surface area contributed by atoms with Gasteiger partial charge in [-0.15, -0.1) is 0 Å². The van der Waals surface area contributed by atoms with E-state index in [-0.39, 0.29) is 0 Å². The Morgan fingerprint density at radius 2 is 1.11 bits per heavy atom.